The Kier molecular flexibility index (Phi) is 6.43. The molecule has 1 aromatic heterocycles. The van der Waals surface area contributed by atoms with Crippen molar-refractivity contribution in [2.24, 2.45) is 0 Å². The van der Waals surface area contributed by atoms with Crippen LogP contribution in [-0.2, 0) is 0 Å². The monoisotopic (exact) mass is 218 g/mol. The maximum Gasteiger partial charge on any atom is 0.180 e. The van der Waals surface area contributed by atoms with Crippen molar-refractivity contribution in [2.45, 2.75) is 4.30 Å². The molecule has 58 valence electrons. The molecule has 0 unspecified atom stereocenters. The lowest BCUT2D eigenvalue weighted by molar-refractivity contribution is 1.02. The lowest BCUT2D eigenvalue weighted by Gasteiger charge is -1.75. The third-order valence-electron chi connectivity index (χ3n) is 0.490. The Hall–Kier alpha value is 0.430. The zero-order valence-corrected chi connectivity index (χ0v) is 7.95. The number of alkyl halides is 3. The van der Waals surface area contributed by atoms with E-state index in [9.17, 15) is 0 Å². The Morgan fingerprint density at radius 2 is 1.90 bits per heavy atom. The molecule has 6 heteroatoms. The van der Waals surface area contributed by atoms with E-state index in [-0.39, 0.29) is 0 Å². The van der Waals surface area contributed by atoms with Crippen LogP contribution in [0.2, 0.25) is 0 Å². The molecule has 0 fully saturated rings. The van der Waals surface area contributed by atoms with E-state index in [0.717, 1.165) is 0 Å². The third kappa shape index (κ3) is 8.43. The van der Waals surface area contributed by atoms with Gasteiger partial charge in [0.2, 0.25) is 0 Å². The molecule has 0 saturated heterocycles. The van der Waals surface area contributed by atoms with Crippen molar-refractivity contribution in [3.8, 4) is 0 Å². The lowest BCUT2D eigenvalue weighted by atomic mass is 10.8. The van der Waals surface area contributed by atoms with E-state index in [4.69, 9.17) is 34.8 Å². The lowest BCUT2D eigenvalue weighted by Crippen LogP contribution is -1.73. The standard InChI is InChI=1S/C3H4N2S.CHCl3/c6-5-3-1-2-4-5;2-1(3)4/h1-3,6H;1H. The predicted molar refractivity (Wildman–Crippen MR) is 48.0 cm³/mol. The van der Waals surface area contributed by atoms with Crippen LogP contribution in [0.1, 0.15) is 0 Å². The first-order chi connectivity index (χ1) is 4.63. The maximum absolute atomic E-state index is 4.81. The highest BCUT2D eigenvalue weighted by atomic mass is 35.6. The molecule has 0 saturated carbocycles. The number of hydrogen-bond acceptors (Lipinski definition) is 2. The molecular weight excluding hydrogens is 214 g/mol. The van der Waals surface area contributed by atoms with E-state index in [2.05, 4.69) is 17.9 Å². The van der Waals surface area contributed by atoms with Crippen LogP contribution in [-0.4, -0.2) is 13.5 Å². The Morgan fingerprint density at radius 1 is 1.40 bits per heavy atom. The molecule has 0 N–H and O–H groups in total. The summed E-state index contributed by atoms with van der Waals surface area (Å²) in [5.74, 6) is 0. The highest BCUT2D eigenvalue weighted by molar-refractivity contribution is 7.78. The Labute approximate surface area is 79.6 Å². The van der Waals surface area contributed by atoms with Gasteiger partial charge in [-0.05, 0) is 18.9 Å². The summed E-state index contributed by atoms with van der Waals surface area (Å²) >= 11 is 18.3. The number of thiol groups is 1. The first kappa shape index (κ1) is 10.4. The zero-order valence-electron chi connectivity index (χ0n) is 4.78. The van der Waals surface area contributed by atoms with E-state index in [1.165, 1.54) is 4.09 Å². The molecule has 1 aromatic rings. The molecule has 1 heterocycles. The summed E-state index contributed by atoms with van der Waals surface area (Å²) in [5.41, 5.74) is 0. The van der Waals surface area contributed by atoms with Crippen LogP contribution in [0.25, 0.3) is 0 Å². The average Bonchev–Trinajstić information content (AvgIpc) is 2.15. The van der Waals surface area contributed by atoms with Gasteiger partial charge in [0, 0.05) is 12.4 Å². The predicted octanol–water partition coefficient (Wildman–Crippen LogP) is 2.56. The van der Waals surface area contributed by atoms with Gasteiger partial charge in [0.1, 0.15) is 0 Å². The Morgan fingerprint density at radius 3 is 2.00 bits per heavy atom. The topological polar surface area (TPSA) is 17.8 Å². The van der Waals surface area contributed by atoms with Crippen LogP contribution >= 0.6 is 47.6 Å². The summed E-state index contributed by atoms with van der Waals surface area (Å²) in [5, 5.41) is 3.70. The van der Waals surface area contributed by atoms with Gasteiger partial charge in [-0.15, -0.1) is 0 Å². The van der Waals surface area contributed by atoms with E-state index in [0.29, 0.717) is 0 Å². The highest BCUT2D eigenvalue weighted by Crippen LogP contribution is 2.03. The largest absolute Gasteiger partial charge is 0.217 e. The van der Waals surface area contributed by atoms with Gasteiger partial charge in [-0.3, -0.25) is 0 Å². The fourth-order valence-electron chi connectivity index (χ4n) is 0.261. The molecule has 2 nitrogen and oxygen atoms in total. The minimum atomic E-state index is -0.750. The quantitative estimate of drug-likeness (QED) is 0.524. The summed E-state index contributed by atoms with van der Waals surface area (Å²) in [6.45, 7) is 0. The van der Waals surface area contributed by atoms with Gasteiger partial charge in [-0.1, -0.05) is 34.8 Å². The Balaban J connectivity index is 0.000000180. The van der Waals surface area contributed by atoms with Gasteiger partial charge in [0.15, 0.2) is 4.30 Å². The molecule has 0 spiro atoms. The van der Waals surface area contributed by atoms with E-state index in [1.54, 1.807) is 12.4 Å². The number of halogens is 3. The van der Waals surface area contributed by atoms with Gasteiger partial charge >= 0.3 is 0 Å². The van der Waals surface area contributed by atoms with Crippen LogP contribution < -0.4 is 0 Å². The summed E-state index contributed by atoms with van der Waals surface area (Å²) in [6, 6.07) is 1.81. The molecule has 0 atom stereocenters. The molecule has 0 bridgehead atoms. The number of hydrogen-bond donors (Lipinski definition) is 1. The van der Waals surface area contributed by atoms with Crippen molar-refractivity contribution in [1.29, 1.82) is 0 Å². The molecule has 0 aliphatic carbocycles. The smallest absolute Gasteiger partial charge is 0.180 e. The fourth-order valence-corrected chi connectivity index (χ4v) is 0.397. The first-order valence-electron chi connectivity index (χ1n) is 2.24. The molecule has 0 amide bonds. The van der Waals surface area contributed by atoms with Gasteiger partial charge < -0.3 is 0 Å². The van der Waals surface area contributed by atoms with E-state index < -0.39 is 4.30 Å². The van der Waals surface area contributed by atoms with Crippen molar-refractivity contribution >= 4 is 47.6 Å². The van der Waals surface area contributed by atoms with E-state index >= 15 is 0 Å². The SMILES string of the molecule is ClC(Cl)Cl.Sn1cccn1. The number of rotatable bonds is 0. The molecule has 10 heavy (non-hydrogen) atoms. The summed E-state index contributed by atoms with van der Waals surface area (Å²) < 4.78 is 0.694. The number of aromatic nitrogens is 2. The molecule has 0 aliphatic rings. The van der Waals surface area contributed by atoms with Gasteiger partial charge in [-0.25, -0.2) is 4.09 Å². The van der Waals surface area contributed by atoms with Crippen molar-refractivity contribution in [3.05, 3.63) is 18.5 Å². The molecular formula is C4H5Cl3N2S. The average molecular weight is 220 g/mol. The second-order valence-electron chi connectivity index (χ2n) is 1.17. The molecule has 0 aromatic carbocycles. The summed E-state index contributed by atoms with van der Waals surface area (Å²) in [4.78, 5) is 0. The van der Waals surface area contributed by atoms with Crippen LogP contribution in [0, 0.1) is 0 Å². The first-order valence-corrected chi connectivity index (χ1v) is 3.95. The maximum atomic E-state index is 4.81. The normalized spacial score (nSPS) is 8.90. The van der Waals surface area contributed by atoms with Gasteiger partial charge in [-0.2, -0.15) is 5.10 Å². The zero-order chi connectivity index (χ0) is 7.98. The highest BCUT2D eigenvalue weighted by Gasteiger charge is 1.78. The summed E-state index contributed by atoms with van der Waals surface area (Å²) in [7, 11) is 0. The second-order valence-corrected chi connectivity index (χ2v) is 3.56. The van der Waals surface area contributed by atoms with Gasteiger partial charge in [0.05, 0.1) is 0 Å². The molecule has 0 aliphatic heterocycles. The molecule has 1 rings (SSSR count). The fraction of sp³-hybridized carbons (Fsp3) is 0.250. The minimum absolute atomic E-state index is 0.750. The van der Waals surface area contributed by atoms with Crippen molar-refractivity contribution < 1.29 is 0 Å². The van der Waals surface area contributed by atoms with Crippen LogP contribution in [0.3, 0.4) is 0 Å². The number of nitrogens with zero attached hydrogens (tertiary/aromatic N) is 2. The third-order valence-corrected chi connectivity index (χ3v) is 0.727. The second kappa shape index (κ2) is 6.16. The van der Waals surface area contributed by atoms with Crippen LogP contribution in [0.5, 0.6) is 0 Å². The van der Waals surface area contributed by atoms with Crippen LogP contribution in [0.15, 0.2) is 18.5 Å². The van der Waals surface area contributed by atoms with Crippen molar-refractivity contribution in [3.63, 3.8) is 0 Å². The Bertz CT molecular complexity index is 151. The summed E-state index contributed by atoms with van der Waals surface area (Å²) in [6.07, 6.45) is 3.43. The molecule has 0 radical (unpaired) electrons. The van der Waals surface area contributed by atoms with Crippen LogP contribution in [0.4, 0.5) is 0 Å². The van der Waals surface area contributed by atoms with Crippen molar-refractivity contribution in [1.82, 2.24) is 9.19 Å². The van der Waals surface area contributed by atoms with E-state index in [1.807, 2.05) is 6.07 Å². The minimum Gasteiger partial charge on any atom is -0.217 e. The van der Waals surface area contributed by atoms with Gasteiger partial charge in [0.25, 0.3) is 0 Å². The van der Waals surface area contributed by atoms with Crippen molar-refractivity contribution in [2.75, 3.05) is 0 Å².